The molecule has 8 nitrogen and oxygen atoms in total. The van der Waals surface area contributed by atoms with Gasteiger partial charge < -0.3 is 14.8 Å². The molecule has 1 amide bonds. The van der Waals surface area contributed by atoms with Crippen molar-refractivity contribution in [3.05, 3.63) is 54.1 Å². The van der Waals surface area contributed by atoms with Gasteiger partial charge in [-0.15, -0.1) is 0 Å². The van der Waals surface area contributed by atoms with Crippen molar-refractivity contribution in [1.82, 2.24) is 4.72 Å². The van der Waals surface area contributed by atoms with Gasteiger partial charge in [-0.05, 0) is 42.8 Å². The molecule has 2 rings (SSSR count). The summed E-state index contributed by atoms with van der Waals surface area (Å²) in [7, 11) is -3.87. The van der Waals surface area contributed by atoms with Crippen molar-refractivity contribution in [1.29, 1.82) is 0 Å². The number of carbonyl (C=O) groups excluding carboxylic acids is 2. The van der Waals surface area contributed by atoms with E-state index in [1.54, 1.807) is 0 Å². The van der Waals surface area contributed by atoms with Gasteiger partial charge in [0.2, 0.25) is 15.9 Å². The van der Waals surface area contributed by atoms with Crippen LogP contribution in [-0.2, 0) is 24.3 Å². The zero-order valence-corrected chi connectivity index (χ0v) is 16.4. The van der Waals surface area contributed by atoms with E-state index in [4.69, 9.17) is 9.47 Å². The maximum atomic E-state index is 12.2. The molecule has 0 fully saturated rings. The number of hydrogen-bond donors (Lipinski definition) is 2. The second-order valence-corrected chi connectivity index (χ2v) is 7.63. The fraction of sp³-hybridized carbons (Fsp3) is 0.263. The number of ether oxygens (including phenoxy) is 2. The lowest BCUT2D eigenvalue weighted by Crippen LogP contribution is -2.31. The monoisotopic (exact) mass is 406 g/mol. The van der Waals surface area contributed by atoms with E-state index in [9.17, 15) is 18.0 Å². The maximum Gasteiger partial charge on any atom is 0.321 e. The van der Waals surface area contributed by atoms with Gasteiger partial charge in [0.05, 0.1) is 4.90 Å². The van der Waals surface area contributed by atoms with Crippen molar-refractivity contribution in [2.75, 3.05) is 25.1 Å². The van der Waals surface area contributed by atoms with Crippen molar-refractivity contribution >= 4 is 27.6 Å². The quantitative estimate of drug-likeness (QED) is 0.486. The average Bonchev–Trinajstić information content (AvgIpc) is 2.65. The van der Waals surface area contributed by atoms with E-state index in [-0.39, 0.29) is 24.0 Å². The number of carbonyl (C=O) groups is 2. The molecule has 0 heterocycles. The number of benzene rings is 2. The van der Waals surface area contributed by atoms with E-state index < -0.39 is 22.5 Å². The molecule has 0 unspecified atom stereocenters. The Balaban J connectivity index is 1.76. The number of para-hydroxylation sites is 1. The molecule has 0 aromatic heterocycles. The Bertz CT molecular complexity index is 926. The lowest BCUT2D eigenvalue weighted by Gasteiger charge is -2.10. The van der Waals surface area contributed by atoms with Crippen LogP contribution in [0.2, 0.25) is 0 Å². The number of esters is 1. The van der Waals surface area contributed by atoms with Crippen LogP contribution in [0.15, 0.2) is 53.4 Å². The van der Waals surface area contributed by atoms with Crippen LogP contribution in [0.4, 0.5) is 5.69 Å². The molecule has 0 aliphatic carbocycles. The van der Waals surface area contributed by atoms with E-state index in [0.717, 1.165) is 5.56 Å². The average molecular weight is 406 g/mol. The molecule has 2 aromatic rings. The maximum absolute atomic E-state index is 12.2. The third-order valence-electron chi connectivity index (χ3n) is 3.59. The Labute approximate surface area is 163 Å². The smallest absolute Gasteiger partial charge is 0.321 e. The van der Waals surface area contributed by atoms with Gasteiger partial charge >= 0.3 is 5.97 Å². The van der Waals surface area contributed by atoms with Crippen LogP contribution in [0.1, 0.15) is 12.5 Å². The molecule has 28 heavy (non-hydrogen) atoms. The van der Waals surface area contributed by atoms with Crippen LogP contribution < -0.4 is 14.8 Å². The summed E-state index contributed by atoms with van der Waals surface area (Å²) in [6.07, 6.45) is 0. The topological polar surface area (TPSA) is 111 Å². The highest BCUT2D eigenvalue weighted by Crippen LogP contribution is 2.16. The molecule has 0 saturated heterocycles. The number of rotatable bonds is 9. The highest BCUT2D eigenvalue weighted by atomic mass is 32.2. The largest absolute Gasteiger partial charge is 0.490 e. The van der Waals surface area contributed by atoms with E-state index in [0.29, 0.717) is 11.4 Å². The molecule has 2 N–H and O–H groups in total. The molecular formula is C19H22N2O6S. The summed E-state index contributed by atoms with van der Waals surface area (Å²) in [6.45, 7) is 2.91. The summed E-state index contributed by atoms with van der Waals surface area (Å²) < 4.78 is 37.0. The second-order valence-electron chi connectivity index (χ2n) is 5.86. The van der Waals surface area contributed by atoms with Crippen molar-refractivity contribution in [3.8, 4) is 5.75 Å². The highest BCUT2D eigenvalue weighted by Gasteiger charge is 2.16. The third-order valence-corrected chi connectivity index (χ3v) is 5.01. The first-order valence-electron chi connectivity index (χ1n) is 8.49. The predicted molar refractivity (Wildman–Crippen MR) is 104 cm³/mol. The minimum Gasteiger partial charge on any atom is -0.490 e. The Morgan fingerprint density at radius 1 is 1.00 bits per heavy atom. The van der Waals surface area contributed by atoms with Gasteiger partial charge in [0.15, 0.2) is 0 Å². The van der Waals surface area contributed by atoms with E-state index in [1.807, 2.05) is 31.2 Å². The molecule has 0 radical (unpaired) electrons. The Hall–Kier alpha value is -2.91. The zero-order chi connectivity index (χ0) is 20.6. The van der Waals surface area contributed by atoms with Gasteiger partial charge in [-0.1, -0.05) is 18.2 Å². The SMILES string of the molecule is CC(=O)Nc1ccc(S(=O)(=O)NCC(=O)OCCOc2ccccc2C)cc1. The first-order chi connectivity index (χ1) is 13.3. The number of anilines is 1. The highest BCUT2D eigenvalue weighted by molar-refractivity contribution is 7.89. The normalized spacial score (nSPS) is 10.9. The second kappa shape index (κ2) is 9.86. The molecule has 0 aliphatic rings. The first kappa shape index (κ1) is 21.4. The summed E-state index contributed by atoms with van der Waals surface area (Å²) >= 11 is 0. The van der Waals surface area contributed by atoms with Crippen molar-refractivity contribution in [2.45, 2.75) is 18.7 Å². The molecular weight excluding hydrogens is 384 g/mol. The predicted octanol–water partition coefficient (Wildman–Crippen LogP) is 1.85. The number of nitrogens with one attached hydrogen (secondary N) is 2. The fourth-order valence-corrected chi connectivity index (χ4v) is 3.20. The van der Waals surface area contributed by atoms with Crippen molar-refractivity contribution in [3.63, 3.8) is 0 Å². The van der Waals surface area contributed by atoms with E-state index in [1.165, 1.54) is 31.2 Å². The molecule has 0 aliphatic heterocycles. The lowest BCUT2D eigenvalue weighted by atomic mass is 10.2. The van der Waals surface area contributed by atoms with Crippen molar-refractivity contribution in [2.24, 2.45) is 0 Å². The van der Waals surface area contributed by atoms with Gasteiger partial charge in [-0.25, -0.2) is 8.42 Å². The lowest BCUT2D eigenvalue weighted by molar-refractivity contribution is -0.142. The standard InChI is InChI=1S/C19H22N2O6S/c1-14-5-3-4-6-18(14)26-11-12-27-19(23)13-20-28(24,25)17-9-7-16(8-10-17)21-15(2)22/h3-10,20H,11-13H2,1-2H3,(H,21,22). The van der Waals surface area contributed by atoms with Gasteiger partial charge in [0.25, 0.3) is 0 Å². The molecule has 9 heteroatoms. The Morgan fingerprint density at radius 2 is 1.68 bits per heavy atom. The Morgan fingerprint density at radius 3 is 2.32 bits per heavy atom. The minimum atomic E-state index is -3.87. The van der Waals surface area contributed by atoms with Crippen LogP contribution in [0.25, 0.3) is 0 Å². The minimum absolute atomic E-state index is 0.000306. The Kier molecular flexibility index (Phi) is 7.53. The molecule has 0 spiro atoms. The van der Waals surface area contributed by atoms with Crippen LogP contribution in [0.5, 0.6) is 5.75 Å². The van der Waals surface area contributed by atoms with Gasteiger partial charge in [-0.2, -0.15) is 4.72 Å². The summed E-state index contributed by atoms with van der Waals surface area (Å²) in [4.78, 5) is 22.7. The molecule has 0 atom stereocenters. The van der Waals surface area contributed by atoms with Crippen LogP contribution in [0, 0.1) is 6.92 Å². The van der Waals surface area contributed by atoms with Gasteiger partial charge in [0, 0.05) is 12.6 Å². The molecule has 150 valence electrons. The summed E-state index contributed by atoms with van der Waals surface area (Å²) in [6, 6.07) is 13.0. The van der Waals surface area contributed by atoms with E-state index >= 15 is 0 Å². The number of sulfonamides is 1. The molecule has 2 aromatic carbocycles. The van der Waals surface area contributed by atoms with Crippen LogP contribution in [0.3, 0.4) is 0 Å². The van der Waals surface area contributed by atoms with Gasteiger partial charge in [-0.3, -0.25) is 9.59 Å². The van der Waals surface area contributed by atoms with Crippen LogP contribution in [-0.4, -0.2) is 40.1 Å². The van der Waals surface area contributed by atoms with Crippen LogP contribution >= 0.6 is 0 Å². The van der Waals surface area contributed by atoms with Crippen molar-refractivity contribution < 1.29 is 27.5 Å². The summed E-state index contributed by atoms with van der Waals surface area (Å²) in [5, 5.41) is 2.54. The molecule has 0 saturated carbocycles. The third kappa shape index (κ3) is 6.67. The number of aryl methyl sites for hydroxylation is 1. The molecule has 0 bridgehead atoms. The van der Waals surface area contributed by atoms with E-state index in [2.05, 4.69) is 10.0 Å². The zero-order valence-electron chi connectivity index (χ0n) is 15.6. The number of amides is 1. The van der Waals surface area contributed by atoms with Gasteiger partial charge in [0.1, 0.15) is 25.5 Å². The number of hydrogen-bond acceptors (Lipinski definition) is 6. The fourth-order valence-electron chi connectivity index (χ4n) is 2.23. The first-order valence-corrected chi connectivity index (χ1v) is 9.97. The summed E-state index contributed by atoms with van der Waals surface area (Å²) in [5.41, 5.74) is 1.44. The summed E-state index contributed by atoms with van der Waals surface area (Å²) in [5.74, 6) is -0.281.